The monoisotopic (exact) mass is 313 g/mol. The molecule has 1 amide bonds. The lowest BCUT2D eigenvalue weighted by Crippen LogP contribution is -2.42. The van der Waals surface area contributed by atoms with Crippen LogP contribution in [-0.2, 0) is 4.79 Å². The zero-order chi connectivity index (χ0) is 16.5. The Morgan fingerprint density at radius 1 is 1.17 bits per heavy atom. The second kappa shape index (κ2) is 9.28. The molecule has 0 saturated heterocycles. The number of hydrogen-bond donors (Lipinski definition) is 3. The summed E-state index contributed by atoms with van der Waals surface area (Å²) in [6, 6.07) is 9.40. The molecule has 0 aromatic heterocycles. The zero-order valence-corrected chi connectivity index (χ0v) is 13.6. The second-order valence-corrected chi connectivity index (χ2v) is 5.93. The van der Waals surface area contributed by atoms with Crippen molar-refractivity contribution >= 4 is 5.91 Å². The van der Waals surface area contributed by atoms with E-state index >= 15 is 0 Å². The fourth-order valence-corrected chi connectivity index (χ4v) is 2.74. The number of allylic oxidation sites excluding steroid dienone is 2. The molecule has 0 spiro atoms. The number of nitrogens with two attached hydrogens (primary N) is 2. The van der Waals surface area contributed by atoms with Gasteiger partial charge < -0.3 is 16.8 Å². The average Bonchev–Trinajstić information content (AvgIpc) is 2.61. The van der Waals surface area contributed by atoms with E-state index in [1.54, 1.807) is 0 Å². The Hall–Kier alpha value is -1.91. The van der Waals surface area contributed by atoms with Crippen LogP contribution in [0.2, 0.25) is 0 Å². The summed E-state index contributed by atoms with van der Waals surface area (Å²) in [5.74, 6) is -0.101. The molecule has 2 atom stereocenters. The van der Waals surface area contributed by atoms with E-state index in [2.05, 4.69) is 23.5 Å². The highest BCUT2D eigenvalue weighted by molar-refractivity contribution is 5.82. The first kappa shape index (κ1) is 17.4. The van der Waals surface area contributed by atoms with E-state index in [0.29, 0.717) is 13.0 Å². The lowest BCUT2D eigenvalue weighted by atomic mass is 9.94. The maximum absolute atomic E-state index is 12.4. The predicted molar refractivity (Wildman–Crippen MR) is 94.7 cm³/mol. The molecule has 4 heteroatoms. The molecule has 0 fully saturated rings. The molecule has 5 N–H and O–H groups in total. The molecule has 124 valence electrons. The zero-order valence-electron chi connectivity index (χ0n) is 13.6. The minimum Gasteiger partial charge on any atom is -0.344 e. The van der Waals surface area contributed by atoms with Gasteiger partial charge in [-0.15, -0.1) is 0 Å². The third-order valence-corrected chi connectivity index (χ3v) is 4.08. The molecular formula is C19H27N3O. The van der Waals surface area contributed by atoms with Crippen LogP contribution < -0.4 is 16.8 Å². The molecule has 4 nitrogen and oxygen atoms in total. The van der Waals surface area contributed by atoms with Gasteiger partial charge in [-0.25, -0.2) is 0 Å². The first-order valence-electron chi connectivity index (χ1n) is 8.40. The maximum Gasteiger partial charge on any atom is 0.237 e. The van der Waals surface area contributed by atoms with Gasteiger partial charge in [-0.05, 0) is 43.4 Å². The van der Waals surface area contributed by atoms with Gasteiger partial charge in [0.15, 0.2) is 0 Å². The summed E-state index contributed by atoms with van der Waals surface area (Å²) in [5, 5.41) is 3.11. The molecule has 0 bridgehead atoms. The van der Waals surface area contributed by atoms with Crippen LogP contribution in [0.4, 0.5) is 0 Å². The molecular weight excluding hydrogens is 286 g/mol. The summed E-state index contributed by atoms with van der Waals surface area (Å²) in [5.41, 5.74) is 13.7. The largest absolute Gasteiger partial charge is 0.344 e. The van der Waals surface area contributed by atoms with E-state index in [1.807, 2.05) is 30.3 Å². The molecule has 0 radical (unpaired) electrons. The molecule has 1 aliphatic rings. The summed E-state index contributed by atoms with van der Waals surface area (Å²) in [6.07, 6.45) is 10.9. The number of nitrogens with one attached hydrogen (secondary N) is 1. The Bertz CT molecular complexity index is 551. The van der Waals surface area contributed by atoms with Crippen LogP contribution in [0.1, 0.15) is 43.7 Å². The van der Waals surface area contributed by atoms with Crippen molar-refractivity contribution in [3.05, 3.63) is 59.7 Å². The second-order valence-electron chi connectivity index (χ2n) is 5.93. The van der Waals surface area contributed by atoms with E-state index in [-0.39, 0.29) is 11.9 Å². The van der Waals surface area contributed by atoms with Crippen molar-refractivity contribution < 1.29 is 4.79 Å². The van der Waals surface area contributed by atoms with Gasteiger partial charge in [0.05, 0.1) is 12.1 Å². The Morgan fingerprint density at radius 2 is 1.96 bits per heavy atom. The quantitative estimate of drug-likeness (QED) is 0.645. The summed E-state index contributed by atoms with van der Waals surface area (Å²) in [4.78, 5) is 12.4. The van der Waals surface area contributed by atoms with Gasteiger partial charge in [-0.1, -0.05) is 55.0 Å². The van der Waals surface area contributed by atoms with Gasteiger partial charge in [0.2, 0.25) is 5.91 Å². The normalized spacial score (nSPS) is 16.5. The van der Waals surface area contributed by atoms with Gasteiger partial charge >= 0.3 is 0 Å². The third kappa shape index (κ3) is 5.34. The van der Waals surface area contributed by atoms with Crippen LogP contribution in [-0.4, -0.2) is 18.5 Å². The van der Waals surface area contributed by atoms with Gasteiger partial charge in [0.1, 0.15) is 0 Å². The average molecular weight is 313 g/mol. The van der Waals surface area contributed by atoms with E-state index in [4.69, 9.17) is 11.5 Å². The number of amides is 1. The van der Waals surface area contributed by atoms with Crippen LogP contribution in [0.25, 0.3) is 0 Å². The lowest BCUT2D eigenvalue weighted by molar-refractivity contribution is -0.123. The van der Waals surface area contributed by atoms with E-state index in [9.17, 15) is 4.79 Å². The highest BCUT2D eigenvalue weighted by Gasteiger charge is 2.21. The number of rotatable bonds is 8. The maximum atomic E-state index is 12.4. The highest BCUT2D eigenvalue weighted by atomic mass is 16.2. The highest BCUT2D eigenvalue weighted by Crippen LogP contribution is 2.26. The number of carbonyl (C=O) groups is 1. The summed E-state index contributed by atoms with van der Waals surface area (Å²) in [7, 11) is 0. The van der Waals surface area contributed by atoms with Crippen LogP contribution in [0.5, 0.6) is 0 Å². The Kier molecular flexibility index (Phi) is 7.04. The molecule has 1 aromatic carbocycles. The van der Waals surface area contributed by atoms with E-state index in [0.717, 1.165) is 36.8 Å². The van der Waals surface area contributed by atoms with Gasteiger partial charge in [-0.2, -0.15) is 0 Å². The van der Waals surface area contributed by atoms with Crippen molar-refractivity contribution in [3.8, 4) is 0 Å². The number of hydrogen-bond acceptors (Lipinski definition) is 3. The fraction of sp³-hybridized carbons (Fsp3) is 0.421. The van der Waals surface area contributed by atoms with Crippen molar-refractivity contribution in [2.45, 2.75) is 44.2 Å². The lowest BCUT2D eigenvalue weighted by Gasteiger charge is -2.24. The third-order valence-electron chi connectivity index (χ3n) is 4.08. The van der Waals surface area contributed by atoms with Gasteiger partial charge in [0, 0.05) is 0 Å². The molecule has 1 aromatic rings. The number of unbranched alkanes of at least 4 members (excludes halogenated alkanes) is 1. The van der Waals surface area contributed by atoms with Crippen LogP contribution in [0.3, 0.4) is 0 Å². The molecule has 0 aliphatic heterocycles. The standard InChI is InChI=1S/C19H27N3O/c20-14-8-7-13-17(21)19(23)22-18(15-9-3-1-4-10-15)16-11-5-2-6-12-16/h1,3-5,9-12,17-18H,2,6-8,13-14,20-21H2,(H,22,23). The van der Waals surface area contributed by atoms with Crippen molar-refractivity contribution in [1.29, 1.82) is 0 Å². The first-order valence-corrected chi connectivity index (χ1v) is 8.40. The Morgan fingerprint density at radius 3 is 2.61 bits per heavy atom. The minimum atomic E-state index is -0.485. The Balaban J connectivity index is 2.07. The molecule has 0 heterocycles. The minimum absolute atomic E-state index is 0.101. The predicted octanol–water partition coefficient (Wildman–Crippen LogP) is 2.58. The van der Waals surface area contributed by atoms with E-state index < -0.39 is 6.04 Å². The molecule has 23 heavy (non-hydrogen) atoms. The van der Waals surface area contributed by atoms with Crippen LogP contribution in [0.15, 0.2) is 54.1 Å². The smallest absolute Gasteiger partial charge is 0.237 e. The van der Waals surface area contributed by atoms with Crippen LogP contribution >= 0.6 is 0 Å². The van der Waals surface area contributed by atoms with Crippen molar-refractivity contribution in [3.63, 3.8) is 0 Å². The van der Waals surface area contributed by atoms with E-state index in [1.165, 1.54) is 0 Å². The molecule has 2 unspecified atom stereocenters. The number of benzene rings is 1. The first-order chi connectivity index (χ1) is 11.2. The molecule has 2 rings (SSSR count). The Labute approximate surface area is 138 Å². The summed E-state index contributed by atoms with van der Waals surface area (Å²) >= 11 is 0. The van der Waals surface area contributed by atoms with Crippen molar-refractivity contribution in [1.82, 2.24) is 5.32 Å². The fourth-order valence-electron chi connectivity index (χ4n) is 2.74. The van der Waals surface area contributed by atoms with Crippen molar-refractivity contribution in [2.75, 3.05) is 6.54 Å². The van der Waals surface area contributed by atoms with Crippen molar-refractivity contribution in [2.24, 2.45) is 11.5 Å². The van der Waals surface area contributed by atoms with Gasteiger partial charge in [0.25, 0.3) is 0 Å². The van der Waals surface area contributed by atoms with Crippen LogP contribution in [0, 0.1) is 0 Å². The molecule has 1 aliphatic carbocycles. The summed E-state index contributed by atoms with van der Waals surface area (Å²) in [6.45, 7) is 0.638. The summed E-state index contributed by atoms with van der Waals surface area (Å²) < 4.78 is 0. The molecule has 0 saturated carbocycles. The van der Waals surface area contributed by atoms with Gasteiger partial charge in [-0.3, -0.25) is 4.79 Å². The number of carbonyl (C=O) groups excluding carboxylic acids is 1. The topological polar surface area (TPSA) is 81.1 Å². The SMILES string of the molecule is NCCCCC(N)C(=O)NC(C1=CCCC=C1)c1ccccc1.